The molecule has 104 valence electrons. The summed E-state index contributed by atoms with van der Waals surface area (Å²) in [5.74, 6) is 1.79. The van der Waals surface area contributed by atoms with Crippen molar-refractivity contribution in [3.63, 3.8) is 0 Å². The summed E-state index contributed by atoms with van der Waals surface area (Å²) in [5.41, 5.74) is 6.93. The third kappa shape index (κ3) is 3.57. The Morgan fingerprint density at radius 1 is 1.37 bits per heavy atom. The molecule has 2 rings (SSSR count). The molecule has 1 aliphatic heterocycles. The molecule has 1 aromatic carbocycles. The molecule has 0 amide bonds. The summed E-state index contributed by atoms with van der Waals surface area (Å²) in [7, 11) is 0. The molecule has 0 saturated carbocycles. The normalized spacial score (nSPS) is 21.7. The van der Waals surface area contributed by atoms with Crippen molar-refractivity contribution in [2.45, 2.75) is 32.7 Å². The second-order valence-corrected chi connectivity index (χ2v) is 5.94. The van der Waals surface area contributed by atoms with Crippen LogP contribution < -0.4 is 5.73 Å². The summed E-state index contributed by atoms with van der Waals surface area (Å²) in [6.45, 7) is 6.85. The van der Waals surface area contributed by atoms with E-state index in [1.807, 2.05) is 6.07 Å². The van der Waals surface area contributed by atoms with Crippen LogP contribution in [0.2, 0.25) is 0 Å². The largest absolute Gasteiger partial charge is 0.388 e. The molecule has 1 heterocycles. The Bertz CT molecular complexity index is 413. The number of benzene rings is 1. The van der Waals surface area contributed by atoms with Crippen molar-refractivity contribution in [2.75, 3.05) is 13.1 Å². The van der Waals surface area contributed by atoms with Gasteiger partial charge in [0, 0.05) is 19.0 Å². The fourth-order valence-corrected chi connectivity index (χ4v) is 2.98. The molecule has 3 heteroatoms. The molecule has 0 aromatic heterocycles. The lowest BCUT2D eigenvalue weighted by molar-refractivity contribution is 0.231. The van der Waals surface area contributed by atoms with Gasteiger partial charge in [0.1, 0.15) is 0 Å². The summed E-state index contributed by atoms with van der Waals surface area (Å²) in [4.78, 5) is 2.50. The van der Waals surface area contributed by atoms with Gasteiger partial charge in [0.15, 0.2) is 0 Å². The topological polar surface area (TPSA) is 53.1 Å². The lowest BCUT2D eigenvalue weighted by Gasteiger charge is -2.28. The first-order chi connectivity index (χ1) is 9.08. The van der Waals surface area contributed by atoms with Gasteiger partial charge in [0.2, 0.25) is 0 Å². The Morgan fingerprint density at radius 3 is 2.58 bits per heavy atom. The van der Waals surface area contributed by atoms with Crippen LogP contribution in [0.3, 0.4) is 0 Å². The van der Waals surface area contributed by atoms with Gasteiger partial charge in [0.05, 0.1) is 5.84 Å². The fourth-order valence-electron chi connectivity index (χ4n) is 2.98. The maximum Gasteiger partial charge on any atom is 0.0924 e. The van der Waals surface area contributed by atoms with Crippen LogP contribution in [0.25, 0.3) is 0 Å². The van der Waals surface area contributed by atoms with Gasteiger partial charge in [-0.1, -0.05) is 44.2 Å². The highest BCUT2D eigenvalue weighted by molar-refractivity contribution is 5.77. The van der Waals surface area contributed by atoms with Gasteiger partial charge in [-0.25, -0.2) is 0 Å². The molecule has 1 aliphatic rings. The van der Waals surface area contributed by atoms with Crippen molar-refractivity contribution in [1.29, 1.82) is 5.41 Å². The molecule has 0 radical (unpaired) electrons. The zero-order chi connectivity index (χ0) is 13.8. The van der Waals surface area contributed by atoms with Crippen molar-refractivity contribution in [1.82, 2.24) is 4.90 Å². The maximum atomic E-state index is 7.62. The first-order valence-corrected chi connectivity index (χ1v) is 7.20. The molecular formula is C16H25N3. The number of hydrogen-bond donors (Lipinski definition) is 2. The summed E-state index contributed by atoms with van der Waals surface area (Å²) >= 11 is 0. The number of nitrogens with one attached hydrogen (secondary N) is 1. The highest BCUT2D eigenvalue weighted by Crippen LogP contribution is 2.32. The summed E-state index contributed by atoms with van der Waals surface area (Å²) in [6, 6.07) is 10.7. The lowest BCUT2D eigenvalue weighted by Crippen LogP contribution is -2.30. The number of nitrogens with two attached hydrogens (primary N) is 1. The van der Waals surface area contributed by atoms with Crippen LogP contribution in [0.1, 0.15) is 38.3 Å². The molecular weight excluding hydrogens is 234 g/mol. The first kappa shape index (κ1) is 14.1. The molecule has 3 N–H and O–H groups in total. The van der Waals surface area contributed by atoms with Gasteiger partial charge in [-0.2, -0.15) is 0 Å². The van der Waals surface area contributed by atoms with Gasteiger partial charge < -0.3 is 5.73 Å². The SMILES string of the molecule is CC(C)C1CCN(C(CC(=N)N)c2ccccc2)C1. The van der Waals surface area contributed by atoms with Crippen molar-refractivity contribution in [2.24, 2.45) is 17.6 Å². The zero-order valence-corrected chi connectivity index (χ0v) is 12.0. The number of likely N-dealkylation sites (tertiary alicyclic amines) is 1. The summed E-state index contributed by atoms with van der Waals surface area (Å²) in [5, 5.41) is 7.62. The van der Waals surface area contributed by atoms with E-state index in [1.54, 1.807) is 0 Å². The van der Waals surface area contributed by atoms with E-state index in [9.17, 15) is 0 Å². The predicted molar refractivity (Wildman–Crippen MR) is 80.2 cm³/mol. The Kier molecular flexibility index (Phi) is 4.59. The average Bonchev–Trinajstić information content (AvgIpc) is 2.86. The van der Waals surface area contributed by atoms with E-state index in [1.165, 1.54) is 12.0 Å². The Balaban J connectivity index is 2.13. The van der Waals surface area contributed by atoms with Crippen LogP contribution in [0.15, 0.2) is 30.3 Å². The van der Waals surface area contributed by atoms with Crippen LogP contribution in [-0.4, -0.2) is 23.8 Å². The first-order valence-electron chi connectivity index (χ1n) is 7.20. The molecule has 0 aliphatic carbocycles. The molecule has 19 heavy (non-hydrogen) atoms. The molecule has 1 fully saturated rings. The van der Waals surface area contributed by atoms with Crippen LogP contribution in [0.4, 0.5) is 0 Å². The molecule has 0 spiro atoms. The zero-order valence-electron chi connectivity index (χ0n) is 12.0. The summed E-state index contributed by atoms with van der Waals surface area (Å²) in [6.07, 6.45) is 1.90. The van der Waals surface area contributed by atoms with Gasteiger partial charge >= 0.3 is 0 Å². The molecule has 2 atom stereocenters. The minimum Gasteiger partial charge on any atom is -0.388 e. The lowest BCUT2D eigenvalue weighted by atomic mass is 9.95. The monoisotopic (exact) mass is 259 g/mol. The number of amidine groups is 1. The third-order valence-electron chi connectivity index (χ3n) is 4.24. The molecule has 0 bridgehead atoms. The Hall–Kier alpha value is -1.35. The molecule has 1 saturated heterocycles. The van der Waals surface area contributed by atoms with E-state index in [-0.39, 0.29) is 11.9 Å². The van der Waals surface area contributed by atoms with E-state index >= 15 is 0 Å². The van der Waals surface area contributed by atoms with Crippen molar-refractivity contribution in [3.05, 3.63) is 35.9 Å². The molecule has 3 nitrogen and oxygen atoms in total. The van der Waals surface area contributed by atoms with E-state index in [0.29, 0.717) is 6.42 Å². The number of hydrogen-bond acceptors (Lipinski definition) is 2. The van der Waals surface area contributed by atoms with Crippen LogP contribution in [0.5, 0.6) is 0 Å². The predicted octanol–water partition coefficient (Wildman–Crippen LogP) is 3.03. The maximum absolute atomic E-state index is 7.62. The quantitative estimate of drug-likeness (QED) is 0.631. The third-order valence-corrected chi connectivity index (χ3v) is 4.24. The van der Waals surface area contributed by atoms with Crippen LogP contribution >= 0.6 is 0 Å². The van der Waals surface area contributed by atoms with Crippen molar-refractivity contribution >= 4 is 5.84 Å². The molecule has 1 aromatic rings. The van der Waals surface area contributed by atoms with E-state index in [4.69, 9.17) is 11.1 Å². The van der Waals surface area contributed by atoms with Gasteiger partial charge in [-0.3, -0.25) is 10.3 Å². The highest BCUT2D eigenvalue weighted by atomic mass is 15.2. The van der Waals surface area contributed by atoms with E-state index < -0.39 is 0 Å². The number of nitrogens with zero attached hydrogens (tertiary/aromatic N) is 1. The van der Waals surface area contributed by atoms with Gasteiger partial charge in [-0.05, 0) is 30.4 Å². The Labute approximate surface area is 116 Å². The summed E-state index contributed by atoms with van der Waals surface area (Å²) < 4.78 is 0. The average molecular weight is 259 g/mol. The van der Waals surface area contributed by atoms with Crippen LogP contribution in [-0.2, 0) is 0 Å². The second-order valence-electron chi connectivity index (χ2n) is 5.94. The minimum absolute atomic E-state index is 0.266. The van der Waals surface area contributed by atoms with Crippen molar-refractivity contribution in [3.8, 4) is 0 Å². The number of rotatable bonds is 5. The molecule has 2 unspecified atom stereocenters. The minimum atomic E-state index is 0.266. The second kappa shape index (κ2) is 6.20. The standard InChI is InChI=1S/C16H25N3/c1-12(2)14-8-9-19(11-14)15(10-16(17)18)13-6-4-3-5-7-13/h3-7,12,14-15H,8-11H2,1-2H3,(H3,17,18). The smallest absolute Gasteiger partial charge is 0.0924 e. The van der Waals surface area contributed by atoms with Gasteiger partial charge in [-0.15, -0.1) is 0 Å². The highest BCUT2D eigenvalue weighted by Gasteiger charge is 2.30. The Morgan fingerprint density at radius 2 is 2.05 bits per heavy atom. The fraction of sp³-hybridized carbons (Fsp3) is 0.562. The van der Waals surface area contributed by atoms with E-state index in [0.717, 1.165) is 24.9 Å². The van der Waals surface area contributed by atoms with Crippen molar-refractivity contribution < 1.29 is 0 Å². The van der Waals surface area contributed by atoms with Gasteiger partial charge in [0.25, 0.3) is 0 Å². The van der Waals surface area contributed by atoms with E-state index in [2.05, 4.69) is 43.0 Å². The van der Waals surface area contributed by atoms with Crippen LogP contribution in [0, 0.1) is 17.2 Å².